The summed E-state index contributed by atoms with van der Waals surface area (Å²) >= 11 is 0. The van der Waals surface area contributed by atoms with Crippen LogP contribution in [0.15, 0.2) is 24.3 Å². The molecule has 0 spiro atoms. The van der Waals surface area contributed by atoms with Crippen LogP contribution >= 0.6 is 0 Å². The quantitative estimate of drug-likeness (QED) is 0.822. The number of aromatic nitrogens is 1. The molecule has 2 aromatic rings. The van der Waals surface area contributed by atoms with Gasteiger partial charge in [-0.2, -0.15) is 0 Å². The molecule has 0 aliphatic carbocycles. The summed E-state index contributed by atoms with van der Waals surface area (Å²) in [5.41, 5.74) is 3.39. The van der Waals surface area contributed by atoms with Crippen molar-refractivity contribution in [3.05, 3.63) is 58.2 Å². The van der Waals surface area contributed by atoms with Gasteiger partial charge in [-0.05, 0) is 50.5 Å². The van der Waals surface area contributed by atoms with E-state index in [4.69, 9.17) is 0 Å². The molecule has 1 N–H and O–H groups in total. The number of nitrogens with one attached hydrogen (secondary N) is 1. The molecular formula is C19H23FN2O2. The van der Waals surface area contributed by atoms with Gasteiger partial charge in [-0.3, -0.25) is 9.59 Å². The molecule has 5 heteroatoms. The minimum atomic E-state index is -0.301. The molecule has 0 saturated carbocycles. The Balaban J connectivity index is 2.51. The maximum Gasteiger partial charge on any atom is 0.268 e. The van der Waals surface area contributed by atoms with Crippen molar-refractivity contribution in [1.29, 1.82) is 0 Å². The lowest BCUT2D eigenvalue weighted by molar-refractivity contribution is 0.0943. The van der Waals surface area contributed by atoms with Crippen molar-refractivity contribution < 1.29 is 14.0 Å². The normalized spacial score (nSPS) is 10.7. The molecule has 24 heavy (non-hydrogen) atoms. The Labute approximate surface area is 141 Å². The average Bonchev–Trinajstić information content (AvgIpc) is 2.78. The predicted molar refractivity (Wildman–Crippen MR) is 92.0 cm³/mol. The van der Waals surface area contributed by atoms with E-state index in [9.17, 15) is 14.0 Å². The third-order valence-electron chi connectivity index (χ3n) is 4.12. The topological polar surface area (TPSA) is 51.1 Å². The van der Waals surface area contributed by atoms with Gasteiger partial charge in [-0.15, -0.1) is 0 Å². The first kappa shape index (κ1) is 17.9. The van der Waals surface area contributed by atoms with E-state index in [1.165, 1.54) is 19.1 Å². The van der Waals surface area contributed by atoms with Gasteiger partial charge < -0.3 is 9.88 Å². The van der Waals surface area contributed by atoms with E-state index in [1.54, 1.807) is 19.1 Å². The number of hydrogen-bond donors (Lipinski definition) is 1. The van der Waals surface area contributed by atoms with Crippen molar-refractivity contribution in [1.82, 2.24) is 9.88 Å². The van der Waals surface area contributed by atoms with Crippen LogP contribution in [0.3, 0.4) is 0 Å². The summed E-state index contributed by atoms with van der Waals surface area (Å²) in [5.74, 6) is -0.552. The van der Waals surface area contributed by atoms with Gasteiger partial charge in [0.15, 0.2) is 5.78 Å². The van der Waals surface area contributed by atoms with E-state index in [2.05, 4.69) is 5.32 Å². The number of nitrogens with zero attached hydrogens (tertiary/aromatic N) is 1. The van der Waals surface area contributed by atoms with Crippen LogP contribution in [0.2, 0.25) is 0 Å². The Morgan fingerprint density at radius 3 is 2.33 bits per heavy atom. The number of ketones is 1. The molecule has 0 aliphatic heterocycles. The molecule has 1 amide bonds. The summed E-state index contributed by atoms with van der Waals surface area (Å²) in [4.78, 5) is 24.6. The van der Waals surface area contributed by atoms with E-state index in [0.29, 0.717) is 29.9 Å². The zero-order valence-electron chi connectivity index (χ0n) is 14.6. The van der Waals surface area contributed by atoms with E-state index in [1.807, 2.05) is 18.4 Å². The Morgan fingerprint density at radius 2 is 1.79 bits per heavy atom. The van der Waals surface area contributed by atoms with Crippen molar-refractivity contribution in [2.24, 2.45) is 0 Å². The van der Waals surface area contributed by atoms with Crippen molar-refractivity contribution >= 4 is 11.7 Å². The Bertz CT molecular complexity index is 761. The van der Waals surface area contributed by atoms with Gasteiger partial charge in [0.05, 0.1) is 0 Å². The predicted octanol–water partition coefficient (Wildman–Crippen LogP) is 3.63. The van der Waals surface area contributed by atoms with Gasteiger partial charge in [-0.1, -0.05) is 19.1 Å². The number of carbonyl (C=O) groups excluding carboxylic acids is 2. The minimum absolute atomic E-state index is 0.0626. The third-order valence-corrected chi connectivity index (χ3v) is 4.12. The highest BCUT2D eigenvalue weighted by molar-refractivity contribution is 6.02. The van der Waals surface area contributed by atoms with E-state index >= 15 is 0 Å². The lowest BCUT2D eigenvalue weighted by atomic mass is 10.1. The molecule has 0 saturated heterocycles. The van der Waals surface area contributed by atoms with Crippen LogP contribution in [0.4, 0.5) is 4.39 Å². The molecule has 4 nitrogen and oxygen atoms in total. The Morgan fingerprint density at radius 1 is 1.17 bits per heavy atom. The highest BCUT2D eigenvalue weighted by atomic mass is 19.1. The van der Waals surface area contributed by atoms with E-state index in [-0.39, 0.29) is 17.5 Å². The second-order valence-electron chi connectivity index (χ2n) is 5.96. The number of benzene rings is 1. The van der Waals surface area contributed by atoms with Gasteiger partial charge >= 0.3 is 0 Å². The first-order chi connectivity index (χ1) is 11.4. The number of amides is 1. The maximum absolute atomic E-state index is 13.1. The molecule has 0 aliphatic rings. The largest absolute Gasteiger partial charge is 0.351 e. The molecule has 0 radical (unpaired) electrons. The minimum Gasteiger partial charge on any atom is -0.351 e. The van der Waals surface area contributed by atoms with Crippen LogP contribution < -0.4 is 5.32 Å². The van der Waals surface area contributed by atoms with E-state index in [0.717, 1.165) is 17.7 Å². The van der Waals surface area contributed by atoms with Gasteiger partial charge in [0.1, 0.15) is 11.5 Å². The van der Waals surface area contributed by atoms with Crippen LogP contribution in [0.1, 0.15) is 57.9 Å². The fourth-order valence-electron chi connectivity index (χ4n) is 3.00. The maximum atomic E-state index is 13.1. The molecule has 0 unspecified atom stereocenters. The van der Waals surface area contributed by atoms with Gasteiger partial charge in [-0.25, -0.2) is 4.39 Å². The SMILES string of the molecule is CCCNC(=O)c1c(C)c(C(C)=O)c(C)n1Cc1ccc(F)cc1. The zero-order chi connectivity index (χ0) is 17.9. The molecule has 0 bridgehead atoms. The summed E-state index contributed by atoms with van der Waals surface area (Å²) in [7, 11) is 0. The van der Waals surface area contributed by atoms with Crippen LogP contribution in [-0.4, -0.2) is 22.8 Å². The highest BCUT2D eigenvalue weighted by Crippen LogP contribution is 2.24. The fourth-order valence-corrected chi connectivity index (χ4v) is 3.00. The summed E-state index contributed by atoms with van der Waals surface area (Å²) < 4.78 is 14.9. The number of carbonyl (C=O) groups is 2. The first-order valence-corrected chi connectivity index (χ1v) is 8.10. The van der Waals surface area contributed by atoms with E-state index < -0.39 is 0 Å². The summed E-state index contributed by atoms with van der Waals surface area (Å²) in [5, 5.41) is 2.87. The molecule has 0 fully saturated rings. The number of halogens is 1. The highest BCUT2D eigenvalue weighted by Gasteiger charge is 2.24. The smallest absolute Gasteiger partial charge is 0.268 e. The third kappa shape index (κ3) is 3.55. The molecule has 1 aromatic carbocycles. The lowest BCUT2D eigenvalue weighted by Gasteiger charge is -2.12. The Hall–Kier alpha value is -2.43. The number of hydrogen-bond acceptors (Lipinski definition) is 2. The average molecular weight is 330 g/mol. The standard InChI is InChI=1S/C19H23FN2O2/c1-5-10-21-19(24)18-12(2)17(14(4)23)13(3)22(18)11-15-6-8-16(20)9-7-15/h6-9H,5,10-11H2,1-4H3,(H,21,24). The molecule has 1 aromatic heterocycles. The molecule has 0 atom stereocenters. The zero-order valence-corrected chi connectivity index (χ0v) is 14.6. The molecule has 2 rings (SSSR count). The lowest BCUT2D eigenvalue weighted by Crippen LogP contribution is -2.27. The number of rotatable bonds is 6. The second kappa shape index (κ2) is 7.43. The number of Topliss-reactive ketones (excluding diaryl/α,β-unsaturated/α-hetero) is 1. The monoisotopic (exact) mass is 330 g/mol. The van der Waals surface area contributed by atoms with Crippen LogP contribution in [0.5, 0.6) is 0 Å². The van der Waals surface area contributed by atoms with Crippen LogP contribution in [-0.2, 0) is 6.54 Å². The van der Waals surface area contributed by atoms with Gasteiger partial charge in [0.2, 0.25) is 0 Å². The molecule has 1 heterocycles. The fraction of sp³-hybridized carbons (Fsp3) is 0.368. The summed E-state index contributed by atoms with van der Waals surface area (Å²) in [6, 6.07) is 6.16. The van der Waals surface area contributed by atoms with Crippen LogP contribution in [0.25, 0.3) is 0 Å². The van der Waals surface area contributed by atoms with Crippen molar-refractivity contribution in [3.8, 4) is 0 Å². The molecular weight excluding hydrogens is 307 g/mol. The summed E-state index contributed by atoms with van der Waals surface area (Å²) in [6.45, 7) is 8.11. The van der Waals surface area contributed by atoms with Crippen LogP contribution in [0, 0.1) is 19.7 Å². The van der Waals surface area contributed by atoms with Crippen molar-refractivity contribution in [2.45, 2.75) is 40.7 Å². The van der Waals surface area contributed by atoms with Crippen molar-refractivity contribution in [2.75, 3.05) is 6.54 Å². The van der Waals surface area contributed by atoms with Crippen molar-refractivity contribution in [3.63, 3.8) is 0 Å². The molecule has 128 valence electrons. The second-order valence-corrected chi connectivity index (χ2v) is 5.96. The van der Waals surface area contributed by atoms with Gasteiger partial charge in [0.25, 0.3) is 5.91 Å². The Kier molecular flexibility index (Phi) is 5.54. The van der Waals surface area contributed by atoms with Gasteiger partial charge in [0, 0.05) is 24.3 Å². The first-order valence-electron chi connectivity index (χ1n) is 8.10. The summed E-state index contributed by atoms with van der Waals surface area (Å²) in [6.07, 6.45) is 0.835.